The molecule has 0 fully saturated rings. The normalized spacial score (nSPS) is 11.2. The van der Waals surface area contributed by atoms with Gasteiger partial charge < -0.3 is 9.47 Å². The Labute approximate surface area is 161 Å². The maximum Gasteiger partial charge on any atom is 0.130 e. The summed E-state index contributed by atoms with van der Waals surface area (Å²) in [6.07, 6.45) is 7.77. The standard InChI is InChI=1S/C22H31BrO2/c1-17(2)25-22-18(3)16-21(19-12-8-9-13-20(19)22)24-15-11-7-5-4-6-10-14-23/h8-9,12-13,16-17H,4-7,10-11,14-15H2,1-3H3. The highest BCUT2D eigenvalue weighted by Gasteiger charge is 2.12. The average molecular weight is 407 g/mol. The first-order chi connectivity index (χ1) is 12.1. The molecule has 3 heteroatoms. The van der Waals surface area contributed by atoms with Gasteiger partial charge in [-0.05, 0) is 45.2 Å². The van der Waals surface area contributed by atoms with E-state index < -0.39 is 0 Å². The van der Waals surface area contributed by atoms with E-state index in [1.54, 1.807) is 0 Å². The number of benzene rings is 2. The Hall–Kier alpha value is -1.22. The monoisotopic (exact) mass is 406 g/mol. The lowest BCUT2D eigenvalue weighted by Crippen LogP contribution is -2.07. The number of unbranched alkanes of at least 4 members (excludes halogenated alkanes) is 5. The summed E-state index contributed by atoms with van der Waals surface area (Å²) in [6, 6.07) is 10.5. The minimum absolute atomic E-state index is 0.165. The molecule has 2 aromatic rings. The number of rotatable bonds is 11. The highest BCUT2D eigenvalue weighted by Crippen LogP contribution is 2.37. The van der Waals surface area contributed by atoms with Gasteiger partial charge in [0.25, 0.3) is 0 Å². The summed E-state index contributed by atoms with van der Waals surface area (Å²) in [6.45, 7) is 7.01. The minimum Gasteiger partial charge on any atom is -0.493 e. The fraction of sp³-hybridized carbons (Fsp3) is 0.545. The molecule has 138 valence electrons. The summed E-state index contributed by atoms with van der Waals surface area (Å²) in [4.78, 5) is 0. The molecule has 0 heterocycles. The summed E-state index contributed by atoms with van der Waals surface area (Å²) >= 11 is 3.48. The van der Waals surface area contributed by atoms with Gasteiger partial charge in [0.05, 0.1) is 12.7 Å². The van der Waals surface area contributed by atoms with Crippen LogP contribution in [0.15, 0.2) is 30.3 Å². The maximum atomic E-state index is 6.12. The lowest BCUT2D eigenvalue weighted by atomic mass is 10.0. The lowest BCUT2D eigenvalue weighted by molar-refractivity contribution is 0.243. The van der Waals surface area contributed by atoms with Crippen LogP contribution < -0.4 is 9.47 Å². The van der Waals surface area contributed by atoms with E-state index in [2.05, 4.69) is 67.0 Å². The molecule has 25 heavy (non-hydrogen) atoms. The zero-order valence-electron chi connectivity index (χ0n) is 15.8. The lowest BCUT2D eigenvalue weighted by Gasteiger charge is -2.18. The molecule has 2 nitrogen and oxygen atoms in total. The molecule has 0 radical (unpaired) electrons. The van der Waals surface area contributed by atoms with Crippen LogP contribution in [0.4, 0.5) is 0 Å². The number of hydrogen-bond donors (Lipinski definition) is 0. The predicted octanol–water partition coefficient (Wildman–Crippen LogP) is 7.05. The van der Waals surface area contributed by atoms with Crippen molar-refractivity contribution in [3.63, 3.8) is 0 Å². The number of halogens is 1. The van der Waals surface area contributed by atoms with Crippen LogP contribution >= 0.6 is 15.9 Å². The highest BCUT2D eigenvalue weighted by atomic mass is 79.9. The Morgan fingerprint density at radius 1 is 0.920 bits per heavy atom. The second kappa shape index (κ2) is 10.7. The molecular weight excluding hydrogens is 376 g/mol. The minimum atomic E-state index is 0.165. The zero-order chi connectivity index (χ0) is 18.1. The Morgan fingerprint density at radius 2 is 1.56 bits per heavy atom. The molecular formula is C22H31BrO2. The van der Waals surface area contributed by atoms with Gasteiger partial charge in [0.1, 0.15) is 11.5 Å². The van der Waals surface area contributed by atoms with Crippen molar-refractivity contribution in [1.82, 2.24) is 0 Å². The molecule has 0 bridgehead atoms. The van der Waals surface area contributed by atoms with Gasteiger partial charge in [0.15, 0.2) is 0 Å². The topological polar surface area (TPSA) is 18.5 Å². The van der Waals surface area contributed by atoms with Gasteiger partial charge in [-0.25, -0.2) is 0 Å². The molecule has 0 spiro atoms. The van der Waals surface area contributed by atoms with Gasteiger partial charge in [-0.1, -0.05) is 65.9 Å². The third kappa shape index (κ3) is 6.22. The van der Waals surface area contributed by atoms with Crippen molar-refractivity contribution in [3.8, 4) is 11.5 Å². The molecule has 0 unspecified atom stereocenters. The number of alkyl halides is 1. The third-order valence-corrected chi connectivity index (χ3v) is 4.84. The first-order valence-electron chi connectivity index (χ1n) is 9.51. The fourth-order valence-corrected chi connectivity index (χ4v) is 3.44. The van der Waals surface area contributed by atoms with E-state index in [9.17, 15) is 0 Å². The van der Waals surface area contributed by atoms with E-state index in [1.807, 2.05) is 0 Å². The predicted molar refractivity (Wildman–Crippen MR) is 111 cm³/mol. The van der Waals surface area contributed by atoms with Crippen LogP contribution in [0, 0.1) is 6.92 Å². The van der Waals surface area contributed by atoms with E-state index in [0.29, 0.717) is 0 Å². The molecule has 0 N–H and O–H groups in total. The van der Waals surface area contributed by atoms with Crippen molar-refractivity contribution in [2.24, 2.45) is 0 Å². The number of ether oxygens (including phenoxy) is 2. The van der Waals surface area contributed by atoms with Crippen molar-refractivity contribution < 1.29 is 9.47 Å². The van der Waals surface area contributed by atoms with Crippen molar-refractivity contribution in [2.75, 3.05) is 11.9 Å². The van der Waals surface area contributed by atoms with Gasteiger partial charge in [-0.2, -0.15) is 0 Å². The Morgan fingerprint density at radius 3 is 2.24 bits per heavy atom. The quantitative estimate of drug-likeness (QED) is 0.294. The van der Waals surface area contributed by atoms with E-state index in [0.717, 1.165) is 46.2 Å². The SMILES string of the molecule is Cc1cc(OCCCCCCCCBr)c2ccccc2c1OC(C)C. The van der Waals surface area contributed by atoms with Crippen LogP contribution in [0.2, 0.25) is 0 Å². The van der Waals surface area contributed by atoms with E-state index in [-0.39, 0.29) is 6.10 Å². The molecule has 0 aliphatic rings. The van der Waals surface area contributed by atoms with Crippen LogP contribution in [-0.2, 0) is 0 Å². The van der Waals surface area contributed by atoms with Gasteiger partial charge in [-0.15, -0.1) is 0 Å². The molecule has 0 saturated heterocycles. The summed E-state index contributed by atoms with van der Waals surface area (Å²) in [5.41, 5.74) is 1.14. The summed E-state index contributed by atoms with van der Waals surface area (Å²) in [5.74, 6) is 1.95. The van der Waals surface area contributed by atoms with Crippen molar-refractivity contribution in [2.45, 2.75) is 65.4 Å². The van der Waals surface area contributed by atoms with Crippen molar-refractivity contribution >= 4 is 26.7 Å². The number of aryl methyl sites for hydroxylation is 1. The molecule has 0 aromatic heterocycles. The molecule has 0 aliphatic heterocycles. The molecule has 0 saturated carbocycles. The fourth-order valence-electron chi connectivity index (χ4n) is 3.05. The van der Waals surface area contributed by atoms with Crippen LogP contribution in [0.5, 0.6) is 11.5 Å². The molecule has 0 aliphatic carbocycles. The Kier molecular flexibility index (Phi) is 8.60. The van der Waals surface area contributed by atoms with E-state index >= 15 is 0 Å². The second-order valence-corrected chi connectivity index (χ2v) is 7.68. The highest BCUT2D eigenvalue weighted by molar-refractivity contribution is 9.09. The van der Waals surface area contributed by atoms with Gasteiger partial charge in [-0.3, -0.25) is 0 Å². The summed E-state index contributed by atoms with van der Waals surface area (Å²) in [7, 11) is 0. The first-order valence-corrected chi connectivity index (χ1v) is 10.6. The van der Waals surface area contributed by atoms with E-state index in [4.69, 9.17) is 9.47 Å². The number of hydrogen-bond acceptors (Lipinski definition) is 2. The first kappa shape index (κ1) is 20.1. The molecule has 2 rings (SSSR count). The molecule has 0 amide bonds. The molecule has 2 aromatic carbocycles. The molecule has 0 atom stereocenters. The van der Waals surface area contributed by atoms with Gasteiger partial charge in [0.2, 0.25) is 0 Å². The van der Waals surface area contributed by atoms with Crippen LogP contribution in [0.1, 0.15) is 57.9 Å². The summed E-state index contributed by atoms with van der Waals surface area (Å²) < 4.78 is 12.2. The van der Waals surface area contributed by atoms with Crippen LogP contribution in [0.3, 0.4) is 0 Å². The van der Waals surface area contributed by atoms with E-state index in [1.165, 1.54) is 32.1 Å². The Bertz CT molecular complexity index is 652. The van der Waals surface area contributed by atoms with Crippen LogP contribution in [0.25, 0.3) is 10.8 Å². The number of fused-ring (bicyclic) bond motifs is 1. The van der Waals surface area contributed by atoms with Gasteiger partial charge >= 0.3 is 0 Å². The smallest absolute Gasteiger partial charge is 0.130 e. The zero-order valence-corrected chi connectivity index (χ0v) is 17.4. The maximum absolute atomic E-state index is 6.12. The van der Waals surface area contributed by atoms with Crippen molar-refractivity contribution in [1.29, 1.82) is 0 Å². The van der Waals surface area contributed by atoms with Crippen LogP contribution in [-0.4, -0.2) is 18.0 Å². The average Bonchev–Trinajstić information content (AvgIpc) is 2.60. The third-order valence-electron chi connectivity index (χ3n) is 4.28. The largest absolute Gasteiger partial charge is 0.493 e. The summed E-state index contributed by atoms with van der Waals surface area (Å²) in [5, 5.41) is 3.40. The van der Waals surface area contributed by atoms with Crippen molar-refractivity contribution in [3.05, 3.63) is 35.9 Å². The Balaban J connectivity index is 1.97. The second-order valence-electron chi connectivity index (χ2n) is 6.89. The van der Waals surface area contributed by atoms with Gasteiger partial charge in [0, 0.05) is 16.1 Å².